The summed E-state index contributed by atoms with van der Waals surface area (Å²) in [4.78, 5) is 11.7. The Kier molecular flexibility index (Phi) is 4.17. The molecule has 0 aliphatic heterocycles. The number of benzene rings is 2. The van der Waals surface area contributed by atoms with Crippen molar-refractivity contribution in [2.45, 2.75) is 4.90 Å². The molecule has 2 aromatic rings. The first-order valence-corrected chi connectivity index (χ1v) is 6.20. The lowest BCUT2D eigenvalue weighted by Gasteiger charge is -1.95. The molecule has 0 saturated carbocycles. The molecule has 2 aromatic carbocycles. The van der Waals surface area contributed by atoms with Gasteiger partial charge in [0.15, 0.2) is 0 Å². The average Bonchev–Trinajstić information content (AvgIpc) is 2.41. The lowest BCUT2D eigenvalue weighted by Crippen LogP contribution is -1.78. The largest absolute Gasteiger partial charge is 0.298 e. The maximum Gasteiger partial charge on any atom is 0.150 e. The Morgan fingerprint density at radius 1 is 0.824 bits per heavy atom. The van der Waals surface area contributed by atoms with E-state index in [0.717, 1.165) is 11.8 Å². The molecule has 0 radical (unpaired) electrons. The highest BCUT2D eigenvalue weighted by atomic mass is 32.2. The van der Waals surface area contributed by atoms with Crippen LogP contribution in [-0.2, 0) is 0 Å². The lowest BCUT2D eigenvalue weighted by atomic mass is 10.1. The molecule has 84 valence electrons. The molecule has 2 rings (SSSR count). The second-order valence-corrected chi connectivity index (χ2v) is 4.50. The summed E-state index contributed by atoms with van der Waals surface area (Å²) in [5.74, 6) is 0. The summed E-state index contributed by atoms with van der Waals surface area (Å²) in [7, 11) is 0. The molecule has 0 spiro atoms. The summed E-state index contributed by atoms with van der Waals surface area (Å²) in [5.41, 5.74) is 1.80. The summed E-state index contributed by atoms with van der Waals surface area (Å²) < 4.78 is 0. The van der Waals surface area contributed by atoms with E-state index in [1.54, 1.807) is 11.8 Å². The van der Waals surface area contributed by atoms with Gasteiger partial charge in [0.2, 0.25) is 0 Å². The molecule has 0 aliphatic rings. The number of hydrogen-bond donors (Lipinski definition) is 0. The van der Waals surface area contributed by atoms with Gasteiger partial charge in [-0.1, -0.05) is 54.2 Å². The number of hydrogen-bond acceptors (Lipinski definition) is 2. The maximum absolute atomic E-state index is 10.5. The van der Waals surface area contributed by atoms with Gasteiger partial charge in [-0.3, -0.25) is 4.79 Å². The van der Waals surface area contributed by atoms with Crippen LogP contribution in [-0.4, -0.2) is 6.29 Å². The zero-order valence-electron chi connectivity index (χ0n) is 9.24. The third-order valence-corrected chi connectivity index (χ3v) is 3.10. The van der Waals surface area contributed by atoms with E-state index in [2.05, 4.69) is 12.1 Å². The topological polar surface area (TPSA) is 17.1 Å². The van der Waals surface area contributed by atoms with E-state index in [1.807, 2.05) is 53.9 Å². The first kappa shape index (κ1) is 11.7. The molecule has 0 atom stereocenters. The van der Waals surface area contributed by atoms with Gasteiger partial charge in [-0.25, -0.2) is 0 Å². The molecule has 0 aromatic heterocycles. The van der Waals surface area contributed by atoms with Crippen LogP contribution in [0.1, 0.15) is 15.9 Å². The van der Waals surface area contributed by atoms with Crippen molar-refractivity contribution < 1.29 is 4.79 Å². The van der Waals surface area contributed by atoms with Crippen LogP contribution in [0.4, 0.5) is 0 Å². The van der Waals surface area contributed by atoms with Crippen LogP contribution in [0, 0.1) is 0 Å². The Hall–Kier alpha value is -1.80. The summed E-state index contributed by atoms with van der Waals surface area (Å²) in [6, 6.07) is 17.7. The van der Waals surface area contributed by atoms with Gasteiger partial charge in [0.1, 0.15) is 6.29 Å². The molecule has 0 N–H and O–H groups in total. The van der Waals surface area contributed by atoms with Crippen LogP contribution in [0.3, 0.4) is 0 Å². The van der Waals surface area contributed by atoms with Crippen LogP contribution < -0.4 is 0 Å². The van der Waals surface area contributed by atoms with Crippen LogP contribution in [0.25, 0.3) is 6.08 Å². The van der Waals surface area contributed by atoms with E-state index in [4.69, 9.17) is 0 Å². The van der Waals surface area contributed by atoms with E-state index in [0.29, 0.717) is 5.56 Å². The minimum atomic E-state index is 0.706. The Labute approximate surface area is 105 Å². The highest BCUT2D eigenvalue weighted by Crippen LogP contribution is 2.19. The zero-order valence-corrected chi connectivity index (χ0v) is 10.1. The van der Waals surface area contributed by atoms with Crippen molar-refractivity contribution in [1.82, 2.24) is 0 Å². The maximum atomic E-state index is 10.5. The van der Waals surface area contributed by atoms with Gasteiger partial charge in [-0.2, -0.15) is 0 Å². The van der Waals surface area contributed by atoms with Crippen molar-refractivity contribution >= 4 is 24.1 Å². The summed E-state index contributed by atoms with van der Waals surface area (Å²) in [6.07, 6.45) is 2.89. The molecule has 1 nitrogen and oxygen atoms in total. The molecule has 0 amide bonds. The second kappa shape index (κ2) is 6.06. The molecule has 0 heterocycles. The number of thioether (sulfide) groups is 1. The van der Waals surface area contributed by atoms with Crippen molar-refractivity contribution in [3.05, 3.63) is 71.1 Å². The molecule has 0 fully saturated rings. The predicted octanol–water partition coefficient (Wildman–Crippen LogP) is 4.26. The summed E-state index contributed by atoms with van der Waals surface area (Å²) >= 11 is 1.68. The van der Waals surface area contributed by atoms with Crippen molar-refractivity contribution in [2.75, 3.05) is 0 Å². The third-order valence-electron chi connectivity index (χ3n) is 2.28. The standard InChI is InChI=1S/C15H12OS/c16-12-14-8-6-13(7-9-14)10-11-17-15-4-2-1-3-5-15/h1-12H. The van der Waals surface area contributed by atoms with Gasteiger partial charge in [0.05, 0.1) is 0 Å². The highest BCUT2D eigenvalue weighted by molar-refractivity contribution is 8.02. The molecule has 0 saturated heterocycles. The Morgan fingerprint density at radius 2 is 1.47 bits per heavy atom. The van der Waals surface area contributed by atoms with E-state index in [1.165, 1.54) is 4.90 Å². The smallest absolute Gasteiger partial charge is 0.150 e. The third kappa shape index (κ3) is 3.61. The SMILES string of the molecule is O=Cc1ccc(C=CSc2ccccc2)cc1. The molecule has 0 aliphatic carbocycles. The Bertz CT molecular complexity index is 500. The normalized spacial score (nSPS) is 10.6. The van der Waals surface area contributed by atoms with Gasteiger partial charge in [0, 0.05) is 10.5 Å². The van der Waals surface area contributed by atoms with Gasteiger partial charge in [-0.15, -0.1) is 0 Å². The van der Waals surface area contributed by atoms with Gasteiger partial charge < -0.3 is 0 Å². The first-order valence-electron chi connectivity index (χ1n) is 5.32. The van der Waals surface area contributed by atoms with Crippen molar-refractivity contribution in [3.63, 3.8) is 0 Å². The van der Waals surface area contributed by atoms with Crippen molar-refractivity contribution in [3.8, 4) is 0 Å². The van der Waals surface area contributed by atoms with E-state index in [9.17, 15) is 4.79 Å². The monoisotopic (exact) mass is 240 g/mol. The average molecular weight is 240 g/mol. The van der Waals surface area contributed by atoms with Gasteiger partial charge >= 0.3 is 0 Å². The molecule has 2 heteroatoms. The number of carbonyl (C=O) groups is 1. The van der Waals surface area contributed by atoms with E-state index < -0.39 is 0 Å². The molecule has 0 unspecified atom stereocenters. The number of rotatable bonds is 4. The second-order valence-electron chi connectivity index (χ2n) is 3.52. The minimum absolute atomic E-state index is 0.706. The van der Waals surface area contributed by atoms with Gasteiger partial charge in [-0.05, 0) is 29.2 Å². The van der Waals surface area contributed by atoms with Crippen LogP contribution in [0.2, 0.25) is 0 Å². The van der Waals surface area contributed by atoms with E-state index >= 15 is 0 Å². The fourth-order valence-electron chi connectivity index (χ4n) is 1.38. The van der Waals surface area contributed by atoms with Crippen molar-refractivity contribution in [1.29, 1.82) is 0 Å². The Balaban J connectivity index is 1.98. The first-order chi connectivity index (χ1) is 8.38. The fourth-order valence-corrected chi connectivity index (χ4v) is 2.07. The highest BCUT2D eigenvalue weighted by Gasteiger charge is 1.90. The molecular formula is C15H12OS. The number of carbonyl (C=O) groups excluding carboxylic acids is 1. The minimum Gasteiger partial charge on any atom is -0.298 e. The lowest BCUT2D eigenvalue weighted by molar-refractivity contribution is 0.112. The van der Waals surface area contributed by atoms with Crippen LogP contribution >= 0.6 is 11.8 Å². The van der Waals surface area contributed by atoms with E-state index in [-0.39, 0.29) is 0 Å². The van der Waals surface area contributed by atoms with Gasteiger partial charge in [0.25, 0.3) is 0 Å². The molecule has 17 heavy (non-hydrogen) atoms. The fraction of sp³-hybridized carbons (Fsp3) is 0. The molecule has 0 bridgehead atoms. The predicted molar refractivity (Wildman–Crippen MR) is 73.2 cm³/mol. The zero-order chi connectivity index (χ0) is 11.9. The molecular weight excluding hydrogens is 228 g/mol. The summed E-state index contributed by atoms with van der Waals surface area (Å²) in [5, 5.41) is 2.05. The Morgan fingerprint density at radius 3 is 2.12 bits per heavy atom. The number of aldehydes is 1. The quantitative estimate of drug-likeness (QED) is 0.586. The van der Waals surface area contributed by atoms with Crippen LogP contribution in [0.15, 0.2) is 64.9 Å². The summed E-state index contributed by atoms with van der Waals surface area (Å²) in [6.45, 7) is 0. The van der Waals surface area contributed by atoms with Crippen LogP contribution in [0.5, 0.6) is 0 Å². The van der Waals surface area contributed by atoms with Crippen molar-refractivity contribution in [2.24, 2.45) is 0 Å².